The van der Waals surface area contributed by atoms with Gasteiger partial charge in [-0.3, -0.25) is 4.72 Å². The Balaban J connectivity index is 0.000000258. The predicted molar refractivity (Wildman–Crippen MR) is 107 cm³/mol. The average molecular weight is 360 g/mol. The van der Waals surface area contributed by atoms with Crippen molar-refractivity contribution in [1.82, 2.24) is 10.0 Å². The third-order valence-electron chi connectivity index (χ3n) is 5.25. The summed E-state index contributed by atoms with van der Waals surface area (Å²) in [5.41, 5.74) is 6.68. The SMILES string of the molecule is C=CSNC(=O)Nc1c2c(cc3c1CCC3)CCC2.CC1CCCN1. The Bertz CT molecular complexity index is 606. The molecule has 0 aromatic heterocycles. The Labute approximate surface area is 155 Å². The second-order valence-electron chi connectivity index (χ2n) is 7.07. The van der Waals surface area contributed by atoms with Crippen LogP contribution in [0.2, 0.25) is 0 Å². The van der Waals surface area contributed by atoms with E-state index in [0.29, 0.717) is 0 Å². The van der Waals surface area contributed by atoms with Crippen LogP contribution in [-0.4, -0.2) is 18.6 Å². The van der Waals surface area contributed by atoms with Gasteiger partial charge in [0.15, 0.2) is 0 Å². The lowest BCUT2D eigenvalue weighted by Crippen LogP contribution is -2.23. The van der Waals surface area contributed by atoms with Crippen LogP contribution in [0.15, 0.2) is 18.1 Å². The van der Waals surface area contributed by atoms with Gasteiger partial charge in [0.1, 0.15) is 0 Å². The van der Waals surface area contributed by atoms with Gasteiger partial charge in [0, 0.05) is 11.7 Å². The quantitative estimate of drug-likeness (QED) is 0.704. The molecule has 1 aromatic rings. The van der Waals surface area contributed by atoms with Crippen molar-refractivity contribution in [1.29, 1.82) is 0 Å². The number of hydrogen-bond donors (Lipinski definition) is 3. The van der Waals surface area contributed by atoms with Crippen LogP contribution >= 0.6 is 11.9 Å². The zero-order valence-electron chi connectivity index (χ0n) is 15.1. The van der Waals surface area contributed by atoms with E-state index in [9.17, 15) is 4.79 Å². The molecule has 1 aromatic carbocycles. The number of carbonyl (C=O) groups excluding carboxylic acids is 1. The molecule has 0 radical (unpaired) electrons. The maximum Gasteiger partial charge on any atom is 0.329 e. The lowest BCUT2D eigenvalue weighted by Gasteiger charge is -2.16. The number of rotatable bonds is 3. The fourth-order valence-electron chi connectivity index (χ4n) is 4.06. The number of hydrogen-bond acceptors (Lipinski definition) is 3. The number of fused-ring (bicyclic) bond motifs is 2. The first-order valence-electron chi connectivity index (χ1n) is 9.42. The summed E-state index contributed by atoms with van der Waals surface area (Å²) in [7, 11) is 0. The summed E-state index contributed by atoms with van der Waals surface area (Å²) in [5.74, 6) is 0. The van der Waals surface area contributed by atoms with Crippen molar-refractivity contribution >= 4 is 23.7 Å². The molecule has 3 aliphatic rings. The number of nitrogens with one attached hydrogen (secondary N) is 3. The van der Waals surface area contributed by atoms with Crippen LogP contribution in [0.5, 0.6) is 0 Å². The minimum atomic E-state index is -0.153. The summed E-state index contributed by atoms with van der Waals surface area (Å²) in [6.45, 7) is 7.04. The van der Waals surface area contributed by atoms with E-state index in [1.54, 1.807) is 5.41 Å². The number of amides is 2. The van der Waals surface area contributed by atoms with Gasteiger partial charge in [0.05, 0.1) is 0 Å². The van der Waals surface area contributed by atoms with Crippen molar-refractivity contribution in [2.45, 2.75) is 64.3 Å². The van der Waals surface area contributed by atoms with Crippen LogP contribution in [0.1, 0.15) is 54.9 Å². The highest BCUT2D eigenvalue weighted by Crippen LogP contribution is 2.38. The van der Waals surface area contributed by atoms with Gasteiger partial charge >= 0.3 is 6.03 Å². The summed E-state index contributed by atoms with van der Waals surface area (Å²) in [6.07, 6.45) is 9.65. The Morgan fingerprint density at radius 2 is 1.88 bits per heavy atom. The van der Waals surface area contributed by atoms with Crippen molar-refractivity contribution in [2.75, 3.05) is 11.9 Å². The topological polar surface area (TPSA) is 53.2 Å². The normalized spacial score (nSPS) is 20.3. The molecule has 1 heterocycles. The summed E-state index contributed by atoms with van der Waals surface area (Å²) in [5, 5.41) is 7.99. The highest BCUT2D eigenvalue weighted by atomic mass is 32.2. The molecule has 2 aliphatic carbocycles. The van der Waals surface area contributed by atoms with Gasteiger partial charge in [-0.05, 0) is 104 Å². The first kappa shape index (κ1) is 18.3. The Hall–Kier alpha value is -1.46. The smallest absolute Gasteiger partial charge is 0.314 e. The average Bonchev–Trinajstić information content (AvgIpc) is 3.34. The highest BCUT2D eigenvalue weighted by molar-refractivity contribution is 8.00. The third-order valence-corrected chi connectivity index (χ3v) is 5.72. The van der Waals surface area contributed by atoms with E-state index in [2.05, 4.69) is 34.9 Å². The molecule has 0 spiro atoms. The maximum absolute atomic E-state index is 11.9. The minimum absolute atomic E-state index is 0.153. The van der Waals surface area contributed by atoms with Crippen LogP contribution in [0.3, 0.4) is 0 Å². The Morgan fingerprint density at radius 1 is 1.20 bits per heavy atom. The van der Waals surface area contributed by atoms with Gasteiger partial charge in [-0.25, -0.2) is 4.79 Å². The van der Waals surface area contributed by atoms with Gasteiger partial charge in [-0.15, -0.1) is 0 Å². The molecule has 0 saturated carbocycles. The van der Waals surface area contributed by atoms with Gasteiger partial charge in [0.2, 0.25) is 0 Å². The van der Waals surface area contributed by atoms with E-state index in [1.165, 1.54) is 66.4 Å². The zero-order valence-corrected chi connectivity index (χ0v) is 15.9. The third kappa shape index (κ3) is 4.59. The van der Waals surface area contributed by atoms with E-state index >= 15 is 0 Å². The fourth-order valence-corrected chi connectivity index (χ4v) is 4.30. The Kier molecular flexibility index (Phi) is 6.43. The molecular weight excluding hydrogens is 330 g/mol. The van der Waals surface area contributed by atoms with Gasteiger partial charge in [-0.2, -0.15) is 0 Å². The number of aryl methyl sites for hydroxylation is 2. The summed E-state index contributed by atoms with van der Waals surface area (Å²) in [6, 6.07) is 3.01. The standard InChI is InChI=1S/C15H18N2OS.C5H11N/c1-2-19-17-15(18)16-14-12-7-3-5-10(12)9-11-6-4-8-13(11)14;1-5-3-2-4-6-5/h2,9H,1,3-8H2,(H2,16,17,18);5-6H,2-4H2,1H3. The predicted octanol–water partition coefficient (Wildman–Crippen LogP) is 4.34. The second-order valence-corrected chi connectivity index (χ2v) is 7.85. The van der Waals surface area contributed by atoms with E-state index < -0.39 is 0 Å². The summed E-state index contributed by atoms with van der Waals surface area (Å²) >= 11 is 1.20. The van der Waals surface area contributed by atoms with Gasteiger partial charge < -0.3 is 10.6 Å². The van der Waals surface area contributed by atoms with Crippen molar-refractivity contribution in [3.63, 3.8) is 0 Å². The molecule has 4 nitrogen and oxygen atoms in total. The largest absolute Gasteiger partial charge is 0.329 e. The molecule has 4 rings (SSSR count). The second kappa shape index (κ2) is 8.77. The molecule has 5 heteroatoms. The summed E-state index contributed by atoms with van der Waals surface area (Å²) in [4.78, 5) is 11.9. The molecule has 1 aliphatic heterocycles. The molecule has 136 valence electrons. The van der Waals surface area contributed by atoms with E-state index in [0.717, 1.165) is 37.4 Å². The van der Waals surface area contributed by atoms with Crippen molar-refractivity contribution in [3.8, 4) is 0 Å². The molecule has 1 unspecified atom stereocenters. The number of urea groups is 1. The van der Waals surface area contributed by atoms with Crippen LogP contribution in [0.4, 0.5) is 10.5 Å². The Morgan fingerprint density at radius 3 is 2.36 bits per heavy atom. The fraction of sp³-hybridized carbons (Fsp3) is 0.550. The monoisotopic (exact) mass is 359 g/mol. The van der Waals surface area contributed by atoms with Crippen LogP contribution in [-0.2, 0) is 25.7 Å². The minimum Gasteiger partial charge on any atom is -0.314 e. The molecule has 0 bridgehead atoms. The first-order valence-corrected chi connectivity index (χ1v) is 10.3. The molecule has 1 fully saturated rings. The lowest BCUT2D eigenvalue weighted by atomic mass is 9.99. The molecule has 25 heavy (non-hydrogen) atoms. The van der Waals surface area contributed by atoms with E-state index in [4.69, 9.17) is 0 Å². The van der Waals surface area contributed by atoms with Crippen LogP contribution in [0, 0.1) is 0 Å². The molecule has 1 atom stereocenters. The van der Waals surface area contributed by atoms with Crippen molar-refractivity contribution < 1.29 is 4.79 Å². The number of carbonyl (C=O) groups is 1. The molecule has 2 amide bonds. The van der Waals surface area contributed by atoms with Crippen LogP contribution < -0.4 is 15.4 Å². The van der Waals surface area contributed by atoms with Gasteiger partial charge in [0.25, 0.3) is 0 Å². The summed E-state index contributed by atoms with van der Waals surface area (Å²) < 4.78 is 2.71. The number of benzene rings is 1. The van der Waals surface area contributed by atoms with Crippen molar-refractivity contribution in [3.05, 3.63) is 40.3 Å². The molecule has 1 saturated heterocycles. The van der Waals surface area contributed by atoms with Crippen LogP contribution in [0.25, 0.3) is 0 Å². The zero-order chi connectivity index (χ0) is 17.6. The van der Waals surface area contributed by atoms with Gasteiger partial charge in [-0.1, -0.05) is 12.6 Å². The van der Waals surface area contributed by atoms with E-state index in [-0.39, 0.29) is 6.03 Å². The number of anilines is 1. The van der Waals surface area contributed by atoms with Crippen molar-refractivity contribution in [2.24, 2.45) is 0 Å². The highest BCUT2D eigenvalue weighted by Gasteiger charge is 2.24. The molecule has 3 N–H and O–H groups in total. The maximum atomic E-state index is 11.9. The lowest BCUT2D eigenvalue weighted by molar-refractivity contribution is 0.257. The molecular formula is C20H29N3OS. The van der Waals surface area contributed by atoms with E-state index in [1.807, 2.05) is 0 Å². The first-order chi connectivity index (χ1) is 12.2.